The van der Waals surface area contributed by atoms with E-state index in [1.54, 1.807) is 0 Å². The van der Waals surface area contributed by atoms with E-state index >= 15 is 0 Å². The van der Waals surface area contributed by atoms with Crippen molar-refractivity contribution < 1.29 is 19.3 Å². The lowest BCUT2D eigenvalue weighted by Crippen LogP contribution is -2.29. The first-order chi connectivity index (χ1) is 9.79. The molecule has 0 bridgehead atoms. The number of hydrogen-bond acceptors (Lipinski definition) is 4. The summed E-state index contributed by atoms with van der Waals surface area (Å²) >= 11 is 0. The molecule has 1 N–H and O–H groups in total. The predicted molar refractivity (Wildman–Crippen MR) is 75.7 cm³/mol. The van der Waals surface area contributed by atoms with Gasteiger partial charge in [0.1, 0.15) is 0 Å². The van der Waals surface area contributed by atoms with Crippen LogP contribution in [-0.4, -0.2) is 48.8 Å². The van der Waals surface area contributed by atoms with Crippen LogP contribution < -0.4 is 0 Å². The molecule has 0 radical (unpaired) electrons. The van der Waals surface area contributed by atoms with Crippen molar-refractivity contribution in [3.63, 3.8) is 0 Å². The molecule has 0 aromatic rings. The summed E-state index contributed by atoms with van der Waals surface area (Å²) in [5.41, 5.74) is 0. The second-order valence-electron chi connectivity index (χ2n) is 6.57. The fourth-order valence-corrected chi connectivity index (χ4v) is 3.69. The SMILES string of the molecule is OC1CCC(OC2CCC(OC3CCOCC3)C2)CC1. The van der Waals surface area contributed by atoms with Crippen LogP contribution in [0.2, 0.25) is 0 Å². The molecule has 3 fully saturated rings. The van der Waals surface area contributed by atoms with Crippen molar-refractivity contribution in [1.82, 2.24) is 0 Å². The highest BCUT2D eigenvalue weighted by molar-refractivity contribution is 4.81. The highest BCUT2D eigenvalue weighted by atomic mass is 16.5. The van der Waals surface area contributed by atoms with Gasteiger partial charge in [0, 0.05) is 13.2 Å². The fourth-order valence-electron chi connectivity index (χ4n) is 3.69. The molecule has 2 atom stereocenters. The number of aliphatic hydroxyl groups is 1. The minimum Gasteiger partial charge on any atom is -0.393 e. The molecule has 116 valence electrons. The second kappa shape index (κ2) is 7.21. The van der Waals surface area contributed by atoms with Crippen molar-refractivity contribution in [2.45, 2.75) is 88.3 Å². The molecule has 2 aliphatic carbocycles. The molecule has 3 rings (SSSR count). The summed E-state index contributed by atoms with van der Waals surface area (Å²) in [5.74, 6) is 0. The third-order valence-electron chi connectivity index (χ3n) is 4.92. The van der Waals surface area contributed by atoms with Crippen LogP contribution in [0.15, 0.2) is 0 Å². The Morgan fingerprint density at radius 1 is 0.650 bits per heavy atom. The van der Waals surface area contributed by atoms with Crippen LogP contribution in [0.1, 0.15) is 57.8 Å². The summed E-state index contributed by atoms with van der Waals surface area (Å²) in [6.07, 6.45) is 10.7. The summed E-state index contributed by atoms with van der Waals surface area (Å²) in [6, 6.07) is 0. The lowest BCUT2D eigenvalue weighted by molar-refractivity contribution is -0.0796. The minimum atomic E-state index is -0.0944. The summed E-state index contributed by atoms with van der Waals surface area (Å²) < 4.78 is 17.8. The monoisotopic (exact) mass is 284 g/mol. The summed E-state index contributed by atoms with van der Waals surface area (Å²) in [4.78, 5) is 0. The average Bonchev–Trinajstić information content (AvgIpc) is 2.90. The molecular formula is C16H28O4. The third-order valence-corrected chi connectivity index (χ3v) is 4.92. The van der Waals surface area contributed by atoms with Crippen molar-refractivity contribution >= 4 is 0 Å². The lowest BCUT2D eigenvalue weighted by atomic mass is 9.95. The van der Waals surface area contributed by atoms with E-state index in [0.717, 1.165) is 71.0 Å². The first-order valence-corrected chi connectivity index (χ1v) is 8.36. The van der Waals surface area contributed by atoms with E-state index in [4.69, 9.17) is 14.2 Å². The Labute approximate surface area is 121 Å². The van der Waals surface area contributed by atoms with Gasteiger partial charge in [0.05, 0.1) is 30.5 Å². The smallest absolute Gasteiger partial charge is 0.0622 e. The largest absolute Gasteiger partial charge is 0.393 e. The first-order valence-electron chi connectivity index (χ1n) is 8.36. The molecule has 0 spiro atoms. The van der Waals surface area contributed by atoms with Gasteiger partial charge in [-0.15, -0.1) is 0 Å². The zero-order valence-electron chi connectivity index (χ0n) is 12.3. The van der Waals surface area contributed by atoms with Crippen molar-refractivity contribution in [2.24, 2.45) is 0 Å². The Balaban J connectivity index is 1.36. The maximum absolute atomic E-state index is 9.53. The molecule has 20 heavy (non-hydrogen) atoms. The molecule has 3 aliphatic rings. The molecule has 2 unspecified atom stereocenters. The number of aliphatic hydroxyl groups excluding tert-OH is 1. The van der Waals surface area contributed by atoms with Gasteiger partial charge in [0.15, 0.2) is 0 Å². The van der Waals surface area contributed by atoms with E-state index in [-0.39, 0.29) is 6.10 Å². The first kappa shape index (κ1) is 14.8. The van der Waals surface area contributed by atoms with Gasteiger partial charge < -0.3 is 19.3 Å². The Morgan fingerprint density at radius 2 is 1.15 bits per heavy atom. The number of hydrogen-bond donors (Lipinski definition) is 1. The van der Waals surface area contributed by atoms with Crippen LogP contribution in [0, 0.1) is 0 Å². The molecule has 0 amide bonds. The Morgan fingerprint density at radius 3 is 1.75 bits per heavy atom. The summed E-state index contributed by atoms with van der Waals surface area (Å²) in [6.45, 7) is 1.70. The van der Waals surface area contributed by atoms with Crippen LogP contribution >= 0.6 is 0 Å². The molecular weight excluding hydrogens is 256 g/mol. The molecule has 4 heteroatoms. The number of rotatable bonds is 4. The second-order valence-corrected chi connectivity index (χ2v) is 6.57. The highest BCUT2D eigenvalue weighted by Gasteiger charge is 2.31. The third kappa shape index (κ3) is 4.17. The van der Waals surface area contributed by atoms with Gasteiger partial charge in [-0.1, -0.05) is 0 Å². The number of ether oxygens (including phenoxy) is 3. The van der Waals surface area contributed by atoms with Crippen LogP contribution in [0.5, 0.6) is 0 Å². The Bertz CT molecular complexity index is 282. The Hall–Kier alpha value is -0.160. The lowest BCUT2D eigenvalue weighted by Gasteiger charge is -2.28. The van der Waals surface area contributed by atoms with Gasteiger partial charge in [0.2, 0.25) is 0 Å². The van der Waals surface area contributed by atoms with E-state index in [2.05, 4.69) is 0 Å². The van der Waals surface area contributed by atoms with E-state index in [9.17, 15) is 5.11 Å². The van der Waals surface area contributed by atoms with Crippen molar-refractivity contribution in [1.29, 1.82) is 0 Å². The molecule has 2 saturated carbocycles. The quantitative estimate of drug-likeness (QED) is 0.861. The average molecular weight is 284 g/mol. The van der Waals surface area contributed by atoms with Crippen LogP contribution in [-0.2, 0) is 14.2 Å². The van der Waals surface area contributed by atoms with Crippen LogP contribution in [0.4, 0.5) is 0 Å². The minimum absolute atomic E-state index is 0.0944. The van der Waals surface area contributed by atoms with Gasteiger partial charge in [-0.25, -0.2) is 0 Å². The van der Waals surface area contributed by atoms with Crippen molar-refractivity contribution in [2.75, 3.05) is 13.2 Å². The van der Waals surface area contributed by atoms with E-state index in [1.165, 1.54) is 0 Å². The standard InChI is InChI=1S/C16H28O4/c17-12-1-3-13(4-2-12)19-15-5-6-16(11-15)20-14-7-9-18-10-8-14/h12-17H,1-11H2. The maximum Gasteiger partial charge on any atom is 0.0622 e. The Kier molecular flexibility index (Phi) is 5.32. The normalized spacial score (nSPS) is 40.0. The predicted octanol–water partition coefficient (Wildman–Crippen LogP) is 2.42. The van der Waals surface area contributed by atoms with Gasteiger partial charge in [-0.3, -0.25) is 0 Å². The van der Waals surface area contributed by atoms with Crippen LogP contribution in [0.3, 0.4) is 0 Å². The molecule has 1 aliphatic heterocycles. The maximum atomic E-state index is 9.53. The highest BCUT2D eigenvalue weighted by Crippen LogP contribution is 2.31. The molecule has 4 nitrogen and oxygen atoms in total. The van der Waals surface area contributed by atoms with Gasteiger partial charge in [0.25, 0.3) is 0 Å². The zero-order valence-corrected chi connectivity index (χ0v) is 12.3. The topological polar surface area (TPSA) is 47.9 Å². The summed E-state index contributed by atoms with van der Waals surface area (Å²) in [7, 11) is 0. The van der Waals surface area contributed by atoms with Gasteiger partial charge >= 0.3 is 0 Å². The zero-order chi connectivity index (χ0) is 13.8. The van der Waals surface area contributed by atoms with E-state index in [1.807, 2.05) is 0 Å². The molecule has 1 heterocycles. The fraction of sp³-hybridized carbons (Fsp3) is 1.00. The van der Waals surface area contributed by atoms with Crippen LogP contribution in [0.25, 0.3) is 0 Å². The molecule has 0 aromatic carbocycles. The molecule has 0 aromatic heterocycles. The van der Waals surface area contributed by atoms with Gasteiger partial charge in [-0.2, -0.15) is 0 Å². The summed E-state index contributed by atoms with van der Waals surface area (Å²) in [5, 5.41) is 9.53. The van der Waals surface area contributed by atoms with Gasteiger partial charge in [-0.05, 0) is 57.8 Å². The van der Waals surface area contributed by atoms with E-state index < -0.39 is 0 Å². The molecule has 1 saturated heterocycles. The van der Waals surface area contributed by atoms with Crippen molar-refractivity contribution in [3.05, 3.63) is 0 Å². The van der Waals surface area contributed by atoms with Crippen molar-refractivity contribution in [3.8, 4) is 0 Å². The van der Waals surface area contributed by atoms with E-state index in [0.29, 0.717) is 24.4 Å².